The number of hydrogen-bond donors (Lipinski definition) is 0. The smallest absolute Gasteiger partial charge is 0.119 e. The van der Waals surface area contributed by atoms with Crippen molar-refractivity contribution in [3.8, 4) is 5.75 Å². The van der Waals surface area contributed by atoms with Crippen molar-refractivity contribution in [2.24, 2.45) is 7.05 Å². The molecule has 1 aromatic heterocycles. The van der Waals surface area contributed by atoms with E-state index in [9.17, 15) is 0 Å². The maximum Gasteiger partial charge on any atom is 0.119 e. The summed E-state index contributed by atoms with van der Waals surface area (Å²) < 4.78 is 7.85. The van der Waals surface area contributed by atoms with E-state index in [4.69, 9.17) is 4.74 Å². The first-order valence-electron chi connectivity index (χ1n) is 10.4. The van der Waals surface area contributed by atoms with Crippen molar-refractivity contribution >= 4 is 0 Å². The highest BCUT2D eigenvalue weighted by Crippen LogP contribution is 2.32. The average molecular weight is 369 g/mol. The van der Waals surface area contributed by atoms with Gasteiger partial charge in [0, 0.05) is 37.9 Å². The van der Waals surface area contributed by atoms with Gasteiger partial charge >= 0.3 is 0 Å². The van der Waals surface area contributed by atoms with Crippen LogP contribution in [0.2, 0.25) is 0 Å². The van der Waals surface area contributed by atoms with Crippen molar-refractivity contribution in [3.63, 3.8) is 0 Å². The molecular weight excluding hydrogens is 336 g/mol. The first-order chi connectivity index (χ1) is 13.3. The van der Waals surface area contributed by atoms with Crippen LogP contribution >= 0.6 is 0 Å². The molecule has 4 rings (SSSR count). The Bertz CT molecular complexity index is 705. The molecule has 0 saturated carbocycles. The summed E-state index contributed by atoms with van der Waals surface area (Å²) in [6.45, 7) is 6.45. The second-order valence-electron chi connectivity index (χ2n) is 7.97. The van der Waals surface area contributed by atoms with E-state index in [0.29, 0.717) is 6.04 Å². The van der Waals surface area contributed by atoms with Gasteiger partial charge in [-0.2, -0.15) is 5.10 Å². The minimum Gasteiger partial charge on any atom is -0.492 e. The summed E-state index contributed by atoms with van der Waals surface area (Å²) in [5.74, 6) is 0.986. The zero-order valence-corrected chi connectivity index (χ0v) is 16.5. The summed E-state index contributed by atoms with van der Waals surface area (Å²) >= 11 is 0. The number of piperidine rings is 1. The second kappa shape index (κ2) is 8.89. The van der Waals surface area contributed by atoms with Crippen LogP contribution < -0.4 is 4.74 Å². The van der Waals surface area contributed by atoms with E-state index in [1.807, 2.05) is 17.9 Å². The van der Waals surface area contributed by atoms with E-state index in [-0.39, 0.29) is 0 Å². The van der Waals surface area contributed by atoms with Crippen molar-refractivity contribution < 1.29 is 4.74 Å². The van der Waals surface area contributed by atoms with Crippen LogP contribution in [-0.2, 0) is 13.6 Å². The van der Waals surface area contributed by atoms with Crippen molar-refractivity contribution in [1.82, 2.24) is 19.6 Å². The number of likely N-dealkylation sites (tertiary alicyclic amines) is 2. The molecule has 1 unspecified atom stereocenters. The summed E-state index contributed by atoms with van der Waals surface area (Å²) in [7, 11) is 2.00. The summed E-state index contributed by atoms with van der Waals surface area (Å²) in [6, 6.07) is 9.19. The number of aryl methyl sites for hydroxylation is 1. The maximum absolute atomic E-state index is 5.94. The minimum atomic E-state index is 0.490. The van der Waals surface area contributed by atoms with Crippen molar-refractivity contribution in [2.45, 2.75) is 44.7 Å². The normalized spacial score (nSPS) is 21.6. The van der Waals surface area contributed by atoms with Crippen LogP contribution in [-0.4, -0.2) is 52.4 Å². The third kappa shape index (κ3) is 4.90. The van der Waals surface area contributed by atoms with Gasteiger partial charge < -0.3 is 4.74 Å². The number of benzene rings is 1. The molecule has 5 heteroatoms. The van der Waals surface area contributed by atoms with Gasteiger partial charge in [-0.1, -0.05) is 18.6 Å². The Morgan fingerprint density at radius 3 is 2.56 bits per heavy atom. The van der Waals surface area contributed by atoms with Crippen LogP contribution in [0, 0.1) is 0 Å². The summed E-state index contributed by atoms with van der Waals surface area (Å²) in [5, 5.41) is 4.37. The number of nitrogens with zero attached hydrogens (tertiary/aromatic N) is 4. The average Bonchev–Trinajstić information content (AvgIpc) is 3.35. The third-order valence-electron chi connectivity index (χ3n) is 5.91. The minimum absolute atomic E-state index is 0.490. The van der Waals surface area contributed by atoms with Crippen LogP contribution in [0.1, 0.15) is 49.3 Å². The third-order valence-corrected chi connectivity index (χ3v) is 5.91. The second-order valence-corrected chi connectivity index (χ2v) is 7.97. The number of hydrogen-bond acceptors (Lipinski definition) is 4. The molecule has 0 aliphatic carbocycles. The van der Waals surface area contributed by atoms with Gasteiger partial charge in [-0.15, -0.1) is 0 Å². The molecule has 0 N–H and O–H groups in total. The zero-order chi connectivity index (χ0) is 18.5. The van der Waals surface area contributed by atoms with Gasteiger partial charge in [0.1, 0.15) is 12.4 Å². The topological polar surface area (TPSA) is 33.5 Å². The Morgan fingerprint density at radius 2 is 1.81 bits per heavy atom. The quantitative estimate of drug-likeness (QED) is 0.747. The molecule has 146 valence electrons. The molecule has 2 aliphatic heterocycles. The molecule has 5 nitrogen and oxygen atoms in total. The summed E-state index contributed by atoms with van der Waals surface area (Å²) in [6.07, 6.45) is 10.7. The van der Waals surface area contributed by atoms with E-state index >= 15 is 0 Å². The molecule has 2 aliphatic rings. The van der Waals surface area contributed by atoms with Gasteiger partial charge in [0.05, 0.1) is 6.20 Å². The van der Waals surface area contributed by atoms with Crippen LogP contribution in [0.25, 0.3) is 0 Å². The van der Waals surface area contributed by atoms with Crippen LogP contribution in [0.3, 0.4) is 0 Å². The molecule has 0 spiro atoms. The first kappa shape index (κ1) is 18.5. The number of rotatable bonds is 7. The standard InChI is InChI=1S/C22H32N4O/c1-24-18-20(16-23-24)22-6-2-3-13-26(22)17-19-7-9-21(10-8-19)27-15-14-25-11-4-5-12-25/h7-10,16,18,22H,2-6,11-15,17H2,1H3. The van der Waals surface area contributed by atoms with Gasteiger partial charge in [0.15, 0.2) is 0 Å². The van der Waals surface area contributed by atoms with Crippen molar-refractivity contribution in [2.75, 3.05) is 32.8 Å². The van der Waals surface area contributed by atoms with Crippen LogP contribution in [0.5, 0.6) is 5.75 Å². The lowest BCUT2D eigenvalue weighted by atomic mass is 9.97. The Labute approximate surface area is 162 Å². The van der Waals surface area contributed by atoms with Gasteiger partial charge in [-0.3, -0.25) is 14.5 Å². The Balaban J connectivity index is 1.31. The highest BCUT2D eigenvalue weighted by atomic mass is 16.5. The monoisotopic (exact) mass is 368 g/mol. The fourth-order valence-corrected chi connectivity index (χ4v) is 4.39. The van der Waals surface area contributed by atoms with Gasteiger partial charge in [0.2, 0.25) is 0 Å². The molecule has 2 fully saturated rings. The van der Waals surface area contributed by atoms with Gasteiger partial charge in [-0.05, 0) is 63.0 Å². The Morgan fingerprint density at radius 1 is 1.04 bits per heavy atom. The molecule has 0 bridgehead atoms. The Hall–Kier alpha value is -1.85. The van der Waals surface area contributed by atoms with E-state index in [1.54, 1.807) is 0 Å². The fourth-order valence-electron chi connectivity index (χ4n) is 4.39. The Kier molecular flexibility index (Phi) is 6.10. The molecular formula is C22H32N4O. The lowest BCUT2D eigenvalue weighted by molar-refractivity contribution is 0.140. The first-order valence-corrected chi connectivity index (χ1v) is 10.4. The van der Waals surface area contributed by atoms with Crippen LogP contribution in [0.4, 0.5) is 0 Å². The predicted molar refractivity (Wildman–Crippen MR) is 108 cm³/mol. The largest absolute Gasteiger partial charge is 0.492 e. The van der Waals surface area contributed by atoms with E-state index in [0.717, 1.165) is 32.0 Å². The molecule has 2 saturated heterocycles. The number of ether oxygens (including phenoxy) is 1. The van der Waals surface area contributed by atoms with Gasteiger partial charge in [0.25, 0.3) is 0 Å². The molecule has 0 radical (unpaired) electrons. The van der Waals surface area contributed by atoms with Crippen molar-refractivity contribution in [1.29, 1.82) is 0 Å². The SMILES string of the molecule is Cn1cc(C2CCCCN2Cc2ccc(OCCN3CCCC3)cc2)cn1. The summed E-state index contributed by atoms with van der Waals surface area (Å²) in [4.78, 5) is 5.09. The van der Waals surface area contributed by atoms with E-state index in [1.165, 1.54) is 56.3 Å². The lowest BCUT2D eigenvalue weighted by Gasteiger charge is -2.35. The lowest BCUT2D eigenvalue weighted by Crippen LogP contribution is -2.32. The van der Waals surface area contributed by atoms with E-state index < -0.39 is 0 Å². The van der Waals surface area contributed by atoms with Crippen LogP contribution in [0.15, 0.2) is 36.7 Å². The predicted octanol–water partition coefficient (Wildman–Crippen LogP) is 3.62. The highest BCUT2D eigenvalue weighted by Gasteiger charge is 2.25. The molecule has 1 aromatic carbocycles. The zero-order valence-electron chi connectivity index (χ0n) is 16.5. The molecule has 2 aromatic rings. The van der Waals surface area contributed by atoms with E-state index in [2.05, 4.69) is 45.4 Å². The highest BCUT2D eigenvalue weighted by molar-refractivity contribution is 5.27. The molecule has 27 heavy (non-hydrogen) atoms. The molecule has 0 amide bonds. The molecule has 3 heterocycles. The maximum atomic E-state index is 5.94. The van der Waals surface area contributed by atoms with Gasteiger partial charge in [-0.25, -0.2) is 0 Å². The molecule has 1 atom stereocenters. The number of aromatic nitrogens is 2. The van der Waals surface area contributed by atoms with Crippen molar-refractivity contribution in [3.05, 3.63) is 47.8 Å². The fraction of sp³-hybridized carbons (Fsp3) is 0.591. The summed E-state index contributed by atoms with van der Waals surface area (Å²) in [5.41, 5.74) is 2.71.